The Morgan fingerprint density at radius 3 is 2.27 bits per heavy atom. The Bertz CT molecular complexity index is 150. The van der Waals surface area contributed by atoms with Gasteiger partial charge in [0.25, 0.3) is 0 Å². The maximum atomic E-state index is 10.3. The van der Waals surface area contributed by atoms with Gasteiger partial charge in [0.05, 0.1) is 0 Å². The Morgan fingerprint density at radius 1 is 1.55 bits per heavy atom. The first-order valence-electron chi connectivity index (χ1n) is 3.34. The molecule has 5 nitrogen and oxygen atoms in total. The van der Waals surface area contributed by atoms with Crippen LogP contribution in [-0.4, -0.2) is 22.6 Å². The second-order valence-electron chi connectivity index (χ2n) is 3.50. The summed E-state index contributed by atoms with van der Waals surface area (Å²) in [5.41, 5.74) is -0.395. The van der Waals surface area contributed by atoms with Gasteiger partial charge in [-0.2, -0.15) is 0 Å². The van der Waals surface area contributed by atoms with Crippen LogP contribution in [0.2, 0.25) is 0 Å². The SMILES string of the molecule is CC(C)(C)C(O)C/[N+]([O-])=N/[O-]. The van der Waals surface area contributed by atoms with Crippen molar-refractivity contribution in [2.75, 3.05) is 6.54 Å². The van der Waals surface area contributed by atoms with Crippen LogP contribution < -0.4 is 0 Å². The molecule has 0 fully saturated rings. The summed E-state index contributed by atoms with van der Waals surface area (Å²) >= 11 is 0. The zero-order valence-electron chi connectivity index (χ0n) is 6.94. The number of aliphatic hydroxyl groups excluding tert-OH is 1. The molecule has 0 heterocycles. The van der Waals surface area contributed by atoms with Gasteiger partial charge in [0.15, 0.2) is 0 Å². The molecule has 0 rings (SSSR count). The molecule has 0 aromatic carbocycles. The number of hydrogen-bond acceptors (Lipinski definition) is 4. The zero-order chi connectivity index (χ0) is 9.07. The highest BCUT2D eigenvalue weighted by Crippen LogP contribution is 2.18. The van der Waals surface area contributed by atoms with Crippen LogP contribution in [-0.2, 0) is 0 Å². The van der Waals surface area contributed by atoms with Crippen molar-refractivity contribution in [2.24, 2.45) is 10.7 Å². The molecule has 0 radical (unpaired) electrons. The minimum Gasteiger partial charge on any atom is -0.739 e. The lowest BCUT2D eigenvalue weighted by Crippen LogP contribution is -2.33. The van der Waals surface area contributed by atoms with Crippen LogP contribution in [0.5, 0.6) is 0 Å². The summed E-state index contributed by atoms with van der Waals surface area (Å²) in [6.07, 6.45) is -0.835. The van der Waals surface area contributed by atoms with Crippen molar-refractivity contribution in [1.82, 2.24) is 0 Å². The summed E-state index contributed by atoms with van der Waals surface area (Å²) in [5.74, 6) is 0. The Morgan fingerprint density at radius 2 is 2.00 bits per heavy atom. The Kier molecular flexibility index (Phi) is 3.25. The molecule has 11 heavy (non-hydrogen) atoms. The predicted molar refractivity (Wildman–Crippen MR) is 39.8 cm³/mol. The summed E-state index contributed by atoms with van der Waals surface area (Å²) in [7, 11) is 0. The Balaban J connectivity index is 3.98. The topological polar surface area (TPSA) is 81.7 Å². The maximum absolute atomic E-state index is 10.3. The fourth-order valence-electron chi connectivity index (χ4n) is 0.455. The molecule has 1 N–H and O–H groups in total. The highest BCUT2D eigenvalue weighted by Gasteiger charge is 2.25. The summed E-state index contributed by atoms with van der Waals surface area (Å²) in [4.78, 5) is -0.0596. The third kappa shape index (κ3) is 3.77. The number of rotatable bonds is 2. The van der Waals surface area contributed by atoms with Crippen molar-refractivity contribution < 1.29 is 9.97 Å². The molecule has 0 bridgehead atoms. The number of hydroxylamine groups is 1. The van der Waals surface area contributed by atoms with E-state index in [2.05, 4.69) is 5.28 Å². The van der Waals surface area contributed by atoms with Crippen LogP contribution in [0, 0.1) is 15.8 Å². The molecular formula is C6H13N2O3-. The second kappa shape index (κ2) is 3.52. The number of aliphatic hydroxyl groups is 1. The van der Waals surface area contributed by atoms with Gasteiger partial charge in [0, 0.05) is 0 Å². The highest BCUT2D eigenvalue weighted by molar-refractivity contribution is 4.71. The van der Waals surface area contributed by atoms with E-state index in [1.807, 2.05) is 0 Å². The first kappa shape index (κ1) is 10.2. The van der Waals surface area contributed by atoms with Gasteiger partial charge in [-0.05, 0) is 10.7 Å². The van der Waals surface area contributed by atoms with E-state index >= 15 is 0 Å². The van der Waals surface area contributed by atoms with Crippen LogP contribution in [0.4, 0.5) is 0 Å². The Hall–Kier alpha value is -0.840. The van der Waals surface area contributed by atoms with E-state index in [0.29, 0.717) is 0 Å². The molecule has 1 unspecified atom stereocenters. The highest BCUT2D eigenvalue weighted by atomic mass is 16.6. The van der Waals surface area contributed by atoms with Crippen molar-refractivity contribution in [3.05, 3.63) is 10.4 Å². The third-order valence-corrected chi connectivity index (χ3v) is 1.42. The molecule has 0 aromatic heterocycles. The molecule has 0 aliphatic rings. The summed E-state index contributed by atoms with van der Waals surface area (Å²) in [6, 6.07) is 0. The van der Waals surface area contributed by atoms with E-state index in [1.165, 1.54) is 0 Å². The van der Waals surface area contributed by atoms with E-state index in [0.717, 1.165) is 0 Å². The summed E-state index contributed by atoms with van der Waals surface area (Å²) < 4.78 is 0. The standard InChI is InChI=1S/C6H14N2O3/c1-6(2,3)5(9)4-8(11)7-10/h5,9-10H,4H2,1-3H3/p-1/b8-7-. The third-order valence-electron chi connectivity index (χ3n) is 1.42. The van der Waals surface area contributed by atoms with E-state index in [-0.39, 0.29) is 11.4 Å². The molecule has 0 spiro atoms. The van der Waals surface area contributed by atoms with E-state index in [1.54, 1.807) is 20.8 Å². The number of nitrogens with zero attached hydrogens (tertiary/aromatic N) is 2. The van der Waals surface area contributed by atoms with Crippen LogP contribution in [0.15, 0.2) is 5.28 Å². The average molecular weight is 161 g/mol. The zero-order valence-corrected chi connectivity index (χ0v) is 6.94. The lowest BCUT2D eigenvalue weighted by atomic mass is 9.89. The molecule has 0 aliphatic heterocycles. The van der Waals surface area contributed by atoms with Crippen molar-refractivity contribution in [3.8, 4) is 0 Å². The van der Waals surface area contributed by atoms with Gasteiger partial charge >= 0.3 is 0 Å². The molecule has 0 saturated heterocycles. The van der Waals surface area contributed by atoms with Gasteiger partial charge in [0.2, 0.25) is 6.54 Å². The van der Waals surface area contributed by atoms with Crippen molar-refractivity contribution >= 4 is 0 Å². The molecule has 0 aliphatic carbocycles. The molecule has 0 aromatic rings. The normalized spacial score (nSPS) is 16.5. The van der Waals surface area contributed by atoms with Crippen LogP contribution in [0.3, 0.4) is 0 Å². The van der Waals surface area contributed by atoms with Crippen molar-refractivity contribution in [1.29, 1.82) is 0 Å². The number of hydrogen-bond donors (Lipinski definition) is 1. The van der Waals surface area contributed by atoms with Crippen LogP contribution >= 0.6 is 0 Å². The summed E-state index contributed by atoms with van der Waals surface area (Å²) in [6.45, 7) is 5.05. The van der Waals surface area contributed by atoms with Gasteiger partial charge in [-0.1, -0.05) is 25.6 Å². The second-order valence-corrected chi connectivity index (χ2v) is 3.50. The minimum atomic E-state index is -0.835. The van der Waals surface area contributed by atoms with Crippen LogP contribution in [0.1, 0.15) is 20.8 Å². The monoisotopic (exact) mass is 161 g/mol. The van der Waals surface area contributed by atoms with Gasteiger partial charge in [-0.25, -0.2) is 0 Å². The van der Waals surface area contributed by atoms with E-state index in [4.69, 9.17) is 0 Å². The largest absolute Gasteiger partial charge is 0.739 e. The van der Waals surface area contributed by atoms with Gasteiger partial charge in [-0.3, -0.25) is 0 Å². The van der Waals surface area contributed by atoms with E-state index in [9.17, 15) is 15.5 Å². The quantitative estimate of drug-likeness (QED) is 0.370. The van der Waals surface area contributed by atoms with Gasteiger partial charge in [0.1, 0.15) is 6.10 Å². The molecule has 1 atom stereocenters. The Labute approximate surface area is 65.5 Å². The average Bonchev–Trinajstić information content (AvgIpc) is 1.85. The van der Waals surface area contributed by atoms with Crippen LogP contribution in [0.25, 0.3) is 0 Å². The lowest BCUT2D eigenvalue weighted by Gasteiger charge is -2.23. The van der Waals surface area contributed by atoms with E-state index < -0.39 is 11.5 Å². The molecule has 0 saturated carbocycles. The molecule has 66 valence electrons. The fraction of sp³-hybridized carbons (Fsp3) is 1.00. The van der Waals surface area contributed by atoms with Crippen molar-refractivity contribution in [3.63, 3.8) is 0 Å². The first-order valence-corrected chi connectivity index (χ1v) is 3.34. The molecule has 0 amide bonds. The lowest BCUT2D eigenvalue weighted by molar-refractivity contribution is -0.537. The van der Waals surface area contributed by atoms with Gasteiger partial charge in [-0.15, -0.1) is 0 Å². The maximum Gasteiger partial charge on any atom is 0.206 e. The molecule has 5 heteroatoms. The fourth-order valence-corrected chi connectivity index (χ4v) is 0.455. The minimum absolute atomic E-state index is 0.0596. The molecular weight excluding hydrogens is 148 g/mol. The smallest absolute Gasteiger partial charge is 0.206 e. The predicted octanol–water partition coefficient (Wildman–Crippen LogP) is 0.854. The first-order chi connectivity index (χ1) is 4.88. The van der Waals surface area contributed by atoms with Crippen molar-refractivity contribution in [2.45, 2.75) is 26.9 Å². The summed E-state index contributed by atoms with van der Waals surface area (Å²) in [5, 5.41) is 31.3. The van der Waals surface area contributed by atoms with Gasteiger partial charge < -0.3 is 15.5 Å².